The Kier molecular flexibility index (Phi) is 5.29. The minimum atomic E-state index is 0.494. The standard InChI is InChI=1S/C23H29BrO/c1-13(2)18-9-7-17(8-10-18)11-19-15(5)22(24)16(6)21-20(14(3)4)12-25-23(19)21/h7-10,13-14,20H,11-12H2,1-6H3. The van der Waals surface area contributed by atoms with Crippen molar-refractivity contribution >= 4 is 15.9 Å². The van der Waals surface area contributed by atoms with Crippen LogP contribution in [0.1, 0.15) is 72.9 Å². The first kappa shape index (κ1) is 18.5. The Morgan fingerprint density at radius 1 is 1.04 bits per heavy atom. The molecule has 0 saturated heterocycles. The zero-order chi connectivity index (χ0) is 18.3. The number of halogens is 1. The van der Waals surface area contributed by atoms with Crippen molar-refractivity contribution in [2.24, 2.45) is 5.92 Å². The fourth-order valence-electron chi connectivity index (χ4n) is 3.87. The molecule has 1 unspecified atom stereocenters. The molecule has 1 aliphatic heterocycles. The van der Waals surface area contributed by atoms with Gasteiger partial charge in [0, 0.05) is 27.9 Å². The van der Waals surface area contributed by atoms with Gasteiger partial charge in [-0.25, -0.2) is 0 Å². The Balaban J connectivity index is 2.04. The summed E-state index contributed by atoms with van der Waals surface area (Å²) in [4.78, 5) is 0. The topological polar surface area (TPSA) is 9.23 Å². The van der Waals surface area contributed by atoms with E-state index < -0.39 is 0 Å². The summed E-state index contributed by atoms with van der Waals surface area (Å²) in [7, 11) is 0. The minimum absolute atomic E-state index is 0.494. The van der Waals surface area contributed by atoms with Gasteiger partial charge in [-0.05, 0) is 47.9 Å². The first-order valence-corrected chi connectivity index (χ1v) is 10.1. The Morgan fingerprint density at radius 3 is 2.24 bits per heavy atom. The SMILES string of the molecule is Cc1c(Br)c(C)c2c(c1Cc1ccc(C(C)C)cc1)OCC2C(C)C. The normalized spacial score (nSPS) is 16.4. The van der Waals surface area contributed by atoms with Crippen molar-refractivity contribution in [2.45, 2.75) is 59.8 Å². The third-order valence-corrected chi connectivity index (χ3v) is 6.83. The fraction of sp³-hybridized carbons (Fsp3) is 0.478. The highest BCUT2D eigenvalue weighted by Crippen LogP contribution is 2.47. The molecule has 0 aliphatic carbocycles. The fourth-order valence-corrected chi connectivity index (χ4v) is 4.32. The smallest absolute Gasteiger partial charge is 0.127 e. The van der Waals surface area contributed by atoms with Gasteiger partial charge in [0.05, 0.1) is 6.61 Å². The highest BCUT2D eigenvalue weighted by molar-refractivity contribution is 9.10. The van der Waals surface area contributed by atoms with Crippen LogP contribution < -0.4 is 4.74 Å². The zero-order valence-corrected chi connectivity index (χ0v) is 17.8. The molecule has 0 fully saturated rings. The molecule has 0 spiro atoms. The van der Waals surface area contributed by atoms with Crippen molar-refractivity contribution in [1.29, 1.82) is 0 Å². The molecule has 0 saturated carbocycles. The van der Waals surface area contributed by atoms with E-state index >= 15 is 0 Å². The maximum absolute atomic E-state index is 6.23. The summed E-state index contributed by atoms with van der Waals surface area (Å²) in [5, 5.41) is 0. The van der Waals surface area contributed by atoms with E-state index in [-0.39, 0.29) is 0 Å². The van der Waals surface area contributed by atoms with E-state index in [0.29, 0.717) is 17.8 Å². The Hall–Kier alpha value is -1.28. The monoisotopic (exact) mass is 400 g/mol. The van der Waals surface area contributed by atoms with Crippen LogP contribution in [0.5, 0.6) is 5.75 Å². The van der Waals surface area contributed by atoms with E-state index in [2.05, 4.69) is 81.7 Å². The molecular formula is C23H29BrO. The summed E-state index contributed by atoms with van der Waals surface area (Å²) in [5.41, 5.74) is 8.17. The number of rotatable bonds is 4. The lowest BCUT2D eigenvalue weighted by Gasteiger charge is -2.20. The molecule has 0 amide bonds. The highest BCUT2D eigenvalue weighted by Gasteiger charge is 2.32. The molecule has 25 heavy (non-hydrogen) atoms. The van der Waals surface area contributed by atoms with Crippen molar-refractivity contribution in [3.63, 3.8) is 0 Å². The second kappa shape index (κ2) is 7.15. The molecule has 134 valence electrons. The van der Waals surface area contributed by atoms with Crippen LogP contribution in [0, 0.1) is 19.8 Å². The second-order valence-corrected chi connectivity index (χ2v) is 8.81. The molecule has 2 aromatic carbocycles. The van der Waals surface area contributed by atoms with Gasteiger partial charge in [-0.1, -0.05) is 67.9 Å². The van der Waals surface area contributed by atoms with Crippen molar-refractivity contribution in [3.8, 4) is 5.75 Å². The van der Waals surface area contributed by atoms with Crippen LogP contribution in [-0.4, -0.2) is 6.61 Å². The average Bonchev–Trinajstić information content (AvgIpc) is 3.02. The average molecular weight is 401 g/mol. The van der Waals surface area contributed by atoms with Crippen LogP contribution in [0.15, 0.2) is 28.7 Å². The van der Waals surface area contributed by atoms with E-state index in [1.807, 2.05) is 0 Å². The Labute approximate surface area is 160 Å². The molecule has 3 rings (SSSR count). The first-order chi connectivity index (χ1) is 11.8. The maximum Gasteiger partial charge on any atom is 0.127 e. The third-order valence-electron chi connectivity index (χ3n) is 5.64. The molecule has 0 bridgehead atoms. The molecule has 0 N–H and O–H groups in total. The number of fused-ring (bicyclic) bond motifs is 1. The summed E-state index contributed by atoms with van der Waals surface area (Å²) < 4.78 is 7.48. The van der Waals surface area contributed by atoms with Crippen LogP contribution in [0.4, 0.5) is 0 Å². The van der Waals surface area contributed by atoms with Gasteiger partial charge < -0.3 is 4.74 Å². The van der Waals surface area contributed by atoms with Gasteiger partial charge in [0.2, 0.25) is 0 Å². The van der Waals surface area contributed by atoms with Gasteiger partial charge in [-0.15, -0.1) is 0 Å². The first-order valence-electron chi connectivity index (χ1n) is 9.34. The quantitative estimate of drug-likeness (QED) is 0.541. The lowest BCUT2D eigenvalue weighted by Crippen LogP contribution is -2.09. The van der Waals surface area contributed by atoms with Crippen molar-refractivity contribution < 1.29 is 4.74 Å². The lowest BCUT2D eigenvalue weighted by atomic mass is 9.84. The zero-order valence-electron chi connectivity index (χ0n) is 16.2. The van der Waals surface area contributed by atoms with Crippen LogP contribution in [0.2, 0.25) is 0 Å². The molecule has 1 atom stereocenters. The van der Waals surface area contributed by atoms with E-state index in [4.69, 9.17) is 4.74 Å². The van der Waals surface area contributed by atoms with Gasteiger partial charge in [-0.3, -0.25) is 0 Å². The summed E-state index contributed by atoms with van der Waals surface area (Å²) in [6, 6.07) is 9.06. The van der Waals surface area contributed by atoms with Crippen LogP contribution in [0.3, 0.4) is 0 Å². The highest BCUT2D eigenvalue weighted by atomic mass is 79.9. The van der Waals surface area contributed by atoms with E-state index in [9.17, 15) is 0 Å². The second-order valence-electron chi connectivity index (χ2n) is 8.02. The Morgan fingerprint density at radius 2 is 1.68 bits per heavy atom. The number of benzene rings is 2. The molecule has 0 radical (unpaired) electrons. The van der Waals surface area contributed by atoms with E-state index in [1.54, 1.807) is 0 Å². The van der Waals surface area contributed by atoms with E-state index in [0.717, 1.165) is 18.8 Å². The van der Waals surface area contributed by atoms with Gasteiger partial charge in [-0.2, -0.15) is 0 Å². The lowest BCUT2D eigenvalue weighted by molar-refractivity contribution is 0.302. The summed E-state index contributed by atoms with van der Waals surface area (Å²) in [6.45, 7) is 14.3. The number of hydrogen-bond acceptors (Lipinski definition) is 1. The van der Waals surface area contributed by atoms with Crippen molar-refractivity contribution in [1.82, 2.24) is 0 Å². The molecular weight excluding hydrogens is 372 g/mol. The van der Waals surface area contributed by atoms with Crippen LogP contribution in [0.25, 0.3) is 0 Å². The third kappa shape index (κ3) is 3.38. The predicted octanol–water partition coefficient (Wildman–Crippen LogP) is 6.91. The predicted molar refractivity (Wildman–Crippen MR) is 110 cm³/mol. The minimum Gasteiger partial charge on any atom is -0.492 e. The van der Waals surface area contributed by atoms with Gasteiger partial charge in [0.1, 0.15) is 5.75 Å². The van der Waals surface area contributed by atoms with Crippen molar-refractivity contribution in [3.05, 3.63) is 62.1 Å². The van der Waals surface area contributed by atoms with Crippen molar-refractivity contribution in [2.75, 3.05) is 6.61 Å². The molecule has 1 aliphatic rings. The maximum atomic E-state index is 6.23. The number of ether oxygens (including phenoxy) is 1. The van der Waals surface area contributed by atoms with Crippen LogP contribution >= 0.6 is 15.9 Å². The van der Waals surface area contributed by atoms with Gasteiger partial charge in [0.15, 0.2) is 0 Å². The largest absolute Gasteiger partial charge is 0.492 e. The molecule has 1 nitrogen and oxygen atoms in total. The number of hydrogen-bond donors (Lipinski definition) is 0. The van der Waals surface area contributed by atoms with Gasteiger partial charge in [0.25, 0.3) is 0 Å². The molecule has 2 aromatic rings. The van der Waals surface area contributed by atoms with E-state index in [1.165, 1.54) is 37.9 Å². The molecule has 1 heterocycles. The Bertz CT molecular complexity index is 772. The molecule has 0 aromatic heterocycles. The summed E-state index contributed by atoms with van der Waals surface area (Å²) in [5.74, 6) is 2.80. The van der Waals surface area contributed by atoms with Gasteiger partial charge >= 0.3 is 0 Å². The summed E-state index contributed by atoms with van der Waals surface area (Å²) in [6.07, 6.45) is 0.927. The molecule has 2 heteroatoms. The van der Waals surface area contributed by atoms with Crippen LogP contribution in [-0.2, 0) is 6.42 Å². The summed E-state index contributed by atoms with van der Waals surface area (Å²) >= 11 is 3.85.